The summed E-state index contributed by atoms with van der Waals surface area (Å²) in [7, 11) is 0. The highest BCUT2D eigenvalue weighted by atomic mass is 19.4. The average Bonchev–Trinajstić information content (AvgIpc) is 2.62. The zero-order valence-corrected chi connectivity index (χ0v) is 16.4. The van der Waals surface area contributed by atoms with Crippen molar-refractivity contribution in [1.29, 1.82) is 0 Å². The highest BCUT2D eigenvalue weighted by molar-refractivity contribution is 5.92. The molecule has 0 spiro atoms. The summed E-state index contributed by atoms with van der Waals surface area (Å²) in [5, 5.41) is 33.3. The zero-order chi connectivity index (χ0) is 24.2. The van der Waals surface area contributed by atoms with Gasteiger partial charge in [0, 0.05) is 5.92 Å². The zero-order valence-electron chi connectivity index (χ0n) is 16.4. The molecule has 174 valence electrons. The van der Waals surface area contributed by atoms with E-state index in [1.807, 2.05) is 13.8 Å². The number of hydrogen-bond acceptors (Lipinski definition) is 7. The normalized spacial score (nSPS) is 13.8. The second-order valence-electron chi connectivity index (χ2n) is 6.22. The Morgan fingerprint density at radius 1 is 1.03 bits per heavy atom. The number of carbonyl (C=O) groups excluding carboxylic acids is 4. The predicted octanol–water partition coefficient (Wildman–Crippen LogP) is -4.27. The molecule has 0 rings (SSSR count). The first-order valence-corrected chi connectivity index (χ1v) is 8.36. The highest BCUT2D eigenvalue weighted by Crippen LogP contribution is 2.11. The Balaban J connectivity index is 0. The smallest absolute Gasteiger partial charge is 0.430 e. The van der Waals surface area contributed by atoms with E-state index in [4.69, 9.17) is 20.1 Å². The number of aliphatic hydroxyl groups is 1. The van der Waals surface area contributed by atoms with Crippen LogP contribution in [0.25, 0.3) is 0 Å². The molecule has 12 nitrogen and oxygen atoms in total. The molecule has 3 amide bonds. The average molecular weight is 446 g/mol. The molecule has 0 aliphatic rings. The standard InChI is InChI=1S/C13H24N4O6.C2HF3O2/c1-6(2)10(14)12(21)15-4-9(19)17-8(5-18)11(20)16-7(3)13(22)23;3-2(4,5)1(6)7/h6-8,10,18H,4-5,14H2,1-3H3,(H,15,21)(H,16,20)(H,17,19)(H,22,23);(H,6,7)/t7-,8-,10-;/m0./s1. The van der Waals surface area contributed by atoms with Crippen molar-refractivity contribution < 1.29 is 58.2 Å². The molecule has 8 N–H and O–H groups in total. The van der Waals surface area contributed by atoms with E-state index in [-0.39, 0.29) is 12.5 Å². The van der Waals surface area contributed by atoms with Crippen LogP contribution in [0.15, 0.2) is 0 Å². The fourth-order valence-corrected chi connectivity index (χ4v) is 1.42. The van der Waals surface area contributed by atoms with Crippen LogP contribution in [-0.2, 0) is 24.0 Å². The molecule has 0 heterocycles. The summed E-state index contributed by atoms with van der Waals surface area (Å²) >= 11 is 0. The number of quaternary nitrogens is 1. The van der Waals surface area contributed by atoms with E-state index < -0.39 is 60.6 Å². The summed E-state index contributed by atoms with van der Waals surface area (Å²) in [5.41, 5.74) is 3.67. The lowest BCUT2D eigenvalue weighted by Gasteiger charge is -2.18. The number of amides is 3. The maximum atomic E-state index is 11.7. The fourth-order valence-electron chi connectivity index (χ4n) is 1.42. The van der Waals surface area contributed by atoms with Crippen LogP contribution in [0.4, 0.5) is 13.2 Å². The number of aliphatic hydroxyl groups excluding tert-OH is 1. The topological polar surface area (TPSA) is 213 Å². The van der Waals surface area contributed by atoms with Gasteiger partial charge in [0.2, 0.25) is 11.8 Å². The van der Waals surface area contributed by atoms with Crippen LogP contribution in [0.5, 0.6) is 0 Å². The predicted molar refractivity (Wildman–Crippen MR) is 89.8 cm³/mol. The van der Waals surface area contributed by atoms with E-state index in [0.29, 0.717) is 0 Å². The van der Waals surface area contributed by atoms with Crippen molar-refractivity contribution in [3.8, 4) is 0 Å². The number of carbonyl (C=O) groups is 5. The molecule has 15 heteroatoms. The van der Waals surface area contributed by atoms with Crippen LogP contribution in [0.3, 0.4) is 0 Å². The van der Waals surface area contributed by atoms with Crippen molar-refractivity contribution in [3.05, 3.63) is 0 Å². The molecule has 0 aromatic rings. The number of carboxylic acid groups (broad SMARTS) is 2. The number of alkyl halides is 3. The van der Waals surface area contributed by atoms with Gasteiger partial charge in [0.05, 0.1) is 13.2 Å². The number of nitrogens with one attached hydrogen (secondary N) is 3. The van der Waals surface area contributed by atoms with Crippen LogP contribution >= 0.6 is 0 Å². The summed E-state index contributed by atoms with van der Waals surface area (Å²) < 4.78 is 31.5. The summed E-state index contributed by atoms with van der Waals surface area (Å²) in [4.78, 5) is 54.5. The first-order chi connectivity index (χ1) is 13.5. The summed E-state index contributed by atoms with van der Waals surface area (Å²) in [6.45, 7) is 3.79. The van der Waals surface area contributed by atoms with Crippen molar-refractivity contribution >= 4 is 29.7 Å². The fraction of sp³-hybridized carbons (Fsp3) is 0.667. The third kappa shape index (κ3) is 12.5. The van der Waals surface area contributed by atoms with E-state index in [9.17, 15) is 32.3 Å². The molecule has 0 aromatic heterocycles. The Kier molecular flexibility index (Phi) is 13.0. The SMILES string of the molecule is CC(C)[C@H]([NH3+])C(=O)NCC(=O)N[C@@H](CO)C(=O)N[C@@H](C)C(=O)O.O=C([O-])C(F)(F)F. The Morgan fingerprint density at radius 2 is 1.50 bits per heavy atom. The van der Waals surface area contributed by atoms with E-state index in [1.165, 1.54) is 6.92 Å². The Hall–Kier alpha value is -2.94. The summed E-state index contributed by atoms with van der Waals surface area (Å²) in [6.07, 6.45) is -5.19. The lowest BCUT2D eigenvalue weighted by Crippen LogP contribution is -2.70. The molecule has 0 bridgehead atoms. The first-order valence-electron chi connectivity index (χ1n) is 8.36. The van der Waals surface area contributed by atoms with Gasteiger partial charge < -0.3 is 41.8 Å². The molecule has 3 atom stereocenters. The quantitative estimate of drug-likeness (QED) is 0.203. The minimum absolute atomic E-state index is 0.00605. The van der Waals surface area contributed by atoms with Crippen molar-refractivity contribution in [1.82, 2.24) is 16.0 Å². The van der Waals surface area contributed by atoms with Gasteiger partial charge in [-0.25, -0.2) is 0 Å². The van der Waals surface area contributed by atoms with Gasteiger partial charge in [-0.3, -0.25) is 19.2 Å². The number of carboxylic acids is 2. The number of halogens is 3. The van der Waals surface area contributed by atoms with Crippen molar-refractivity contribution in [2.75, 3.05) is 13.2 Å². The maximum absolute atomic E-state index is 11.7. The second-order valence-corrected chi connectivity index (χ2v) is 6.22. The molecule has 0 unspecified atom stereocenters. The van der Waals surface area contributed by atoms with Gasteiger partial charge in [-0.2, -0.15) is 13.2 Å². The molecule has 0 aromatic carbocycles. The van der Waals surface area contributed by atoms with Gasteiger partial charge in [-0.05, 0) is 6.92 Å². The first kappa shape index (κ1) is 29.3. The summed E-state index contributed by atoms with van der Waals surface area (Å²) in [5.74, 6) is -6.17. The number of aliphatic carboxylic acids is 2. The van der Waals surface area contributed by atoms with E-state index >= 15 is 0 Å². The maximum Gasteiger partial charge on any atom is 0.430 e. The number of hydrogen-bond donors (Lipinski definition) is 6. The highest BCUT2D eigenvalue weighted by Gasteiger charge is 2.29. The molecule has 0 saturated heterocycles. The Bertz CT molecular complexity index is 627. The molecular weight excluding hydrogens is 421 g/mol. The molecule has 30 heavy (non-hydrogen) atoms. The van der Waals surface area contributed by atoms with E-state index in [1.54, 1.807) is 0 Å². The van der Waals surface area contributed by atoms with E-state index in [0.717, 1.165) is 0 Å². The van der Waals surface area contributed by atoms with Gasteiger partial charge in [-0.1, -0.05) is 13.8 Å². The van der Waals surface area contributed by atoms with Crippen molar-refractivity contribution in [2.45, 2.75) is 45.1 Å². The Labute approximate surface area is 169 Å². The van der Waals surface area contributed by atoms with Gasteiger partial charge >= 0.3 is 12.1 Å². The molecule has 0 aliphatic carbocycles. The van der Waals surface area contributed by atoms with Crippen LogP contribution < -0.4 is 26.8 Å². The third-order valence-electron chi connectivity index (χ3n) is 3.36. The third-order valence-corrected chi connectivity index (χ3v) is 3.36. The summed E-state index contributed by atoms with van der Waals surface area (Å²) in [6, 6.07) is -2.98. The molecule has 0 aliphatic heterocycles. The minimum Gasteiger partial charge on any atom is -0.542 e. The molecule has 0 fully saturated rings. The monoisotopic (exact) mass is 446 g/mol. The van der Waals surface area contributed by atoms with Gasteiger partial charge in [0.15, 0.2) is 6.04 Å². The number of rotatable bonds is 9. The van der Waals surface area contributed by atoms with E-state index in [2.05, 4.69) is 21.7 Å². The molecule has 0 radical (unpaired) electrons. The lowest BCUT2D eigenvalue weighted by atomic mass is 10.1. The molecular formula is C15H25F3N4O8. The van der Waals surface area contributed by atoms with Gasteiger partial charge in [0.1, 0.15) is 18.1 Å². The van der Waals surface area contributed by atoms with Crippen LogP contribution in [-0.4, -0.2) is 77.3 Å². The van der Waals surface area contributed by atoms with Crippen LogP contribution in [0.1, 0.15) is 20.8 Å². The van der Waals surface area contributed by atoms with Gasteiger partial charge in [-0.15, -0.1) is 0 Å². The molecule has 0 saturated carbocycles. The van der Waals surface area contributed by atoms with Crippen LogP contribution in [0.2, 0.25) is 0 Å². The lowest BCUT2D eigenvalue weighted by molar-refractivity contribution is -0.414. The minimum atomic E-state index is -5.19. The van der Waals surface area contributed by atoms with Crippen molar-refractivity contribution in [2.24, 2.45) is 5.92 Å². The van der Waals surface area contributed by atoms with Crippen molar-refractivity contribution in [3.63, 3.8) is 0 Å². The Morgan fingerprint density at radius 3 is 1.83 bits per heavy atom. The largest absolute Gasteiger partial charge is 0.542 e. The van der Waals surface area contributed by atoms with Gasteiger partial charge in [0.25, 0.3) is 5.91 Å². The van der Waals surface area contributed by atoms with Crippen LogP contribution in [0, 0.1) is 5.92 Å². The second kappa shape index (κ2) is 13.3.